The third kappa shape index (κ3) is 2.76. The van der Waals surface area contributed by atoms with Crippen LogP contribution in [0.2, 0.25) is 10.0 Å². The van der Waals surface area contributed by atoms with Gasteiger partial charge in [0.1, 0.15) is 6.10 Å². The van der Waals surface area contributed by atoms with Gasteiger partial charge in [-0.3, -0.25) is 0 Å². The van der Waals surface area contributed by atoms with E-state index < -0.39 is 5.97 Å². The molecule has 1 aliphatic carbocycles. The zero-order valence-corrected chi connectivity index (χ0v) is 13.2. The summed E-state index contributed by atoms with van der Waals surface area (Å²) >= 11 is 12.1. The van der Waals surface area contributed by atoms with Crippen LogP contribution < -0.4 is 4.74 Å². The highest BCUT2D eigenvalue weighted by molar-refractivity contribution is 6.42. The van der Waals surface area contributed by atoms with Crippen LogP contribution in [0.15, 0.2) is 12.1 Å². The number of halogens is 2. The number of hydrogen-bond donors (Lipinski definition) is 1. The summed E-state index contributed by atoms with van der Waals surface area (Å²) in [6, 6.07) is 3.71. The number of benzene rings is 1. The van der Waals surface area contributed by atoms with Crippen LogP contribution in [0.25, 0.3) is 0 Å². The van der Waals surface area contributed by atoms with E-state index in [-0.39, 0.29) is 17.7 Å². The highest BCUT2D eigenvalue weighted by atomic mass is 35.5. The van der Waals surface area contributed by atoms with Gasteiger partial charge in [-0.2, -0.15) is 0 Å². The first-order valence-electron chi connectivity index (χ1n) is 6.72. The molecule has 3 rings (SSSR count). The van der Waals surface area contributed by atoms with Crippen LogP contribution in [0.1, 0.15) is 28.0 Å². The number of aromatic nitrogens is 3. The standard InChI is InChI=1S/C14H13Cl2N3O3/c1-19-12(14(20)21)13(17-18-19)22-9-3-2-7-5-10(15)11(16)6-8(7)4-9/h5-6,9H,2-4H2,1H3,(H,20,21). The zero-order valence-electron chi connectivity index (χ0n) is 11.7. The summed E-state index contributed by atoms with van der Waals surface area (Å²) in [6.07, 6.45) is 2.00. The quantitative estimate of drug-likeness (QED) is 0.928. The topological polar surface area (TPSA) is 77.2 Å². The smallest absolute Gasteiger partial charge is 0.359 e. The van der Waals surface area contributed by atoms with Crippen molar-refractivity contribution in [2.75, 3.05) is 0 Å². The van der Waals surface area contributed by atoms with Crippen LogP contribution in [0.3, 0.4) is 0 Å². The molecule has 0 amide bonds. The second-order valence-electron chi connectivity index (χ2n) is 5.19. The largest absolute Gasteiger partial charge is 0.476 e. The average molecular weight is 342 g/mol. The van der Waals surface area contributed by atoms with Gasteiger partial charge in [-0.05, 0) is 36.1 Å². The first kappa shape index (κ1) is 15.1. The summed E-state index contributed by atoms with van der Waals surface area (Å²) in [5, 5.41) is 17.7. The number of hydrogen-bond acceptors (Lipinski definition) is 4. The Labute approximate surface area is 136 Å². The van der Waals surface area contributed by atoms with E-state index in [0.29, 0.717) is 16.5 Å². The monoisotopic (exact) mass is 341 g/mol. The molecule has 0 aliphatic heterocycles. The van der Waals surface area contributed by atoms with Crippen LogP contribution in [0.5, 0.6) is 5.88 Å². The lowest BCUT2D eigenvalue weighted by Crippen LogP contribution is -2.26. The van der Waals surface area contributed by atoms with E-state index in [1.54, 1.807) is 0 Å². The summed E-state index contributed by atoms with van der Waals surface area (Å²) in [6.45, 7) is 0. The number of aromatic carboxylic acids is 1. The summed E-state index contributed by atoms with van der Waals surface area (Å²) in [4.78, 5) is 11.2. The first-order chi connectivity index (χ1) is 10.5. The van der Waals surface area contributed by atoms with Gasteiger partial charge in [0.05, 0.1) is 10.0 Å². The van der Waals surface area contributed by atoms with Crippen LogP contribution in [0, 0.1) is 0 Å². The molecule has 1 aromatic carbocycles. The Kier molecular flexibility index (Phi) is 3.97. The zero-order chi connectivity index (χ0) is 15.9. The number of rotatable bonds is 3. The predicted octanol–water partition coefficient (Wildman–Crippen LogP) is 2.76. The molecule has 1 atom stereocenters. The van der Waals surface area contributed by atoms with Crippen LogP contribution >= 0.6 is 23.2 Å². The van der Waals surface area contributed by atoms with Gasteiger partial charge in [0.15, 0.2) is 0 Å². The van der Waals surface area contributed by atoms with E-state index in [4.69, 9.17) is 27.9 Å². The van der Waals surface area contributed by atoms with Crippen molar-refractivity contribution in [3.05, 3.63) is 39.0 Å². The molecule has 22 heavy (non-hydrogen) atoms. The van der Waals surface area contributed by atoms with Gasteiger partial charge in [-0.15, -0.1) is 0 Å². The second kappa shape index (κ2) is 5.78. The maximum Gasteiger partial charge on any atom is 0.359 e. The lowest BCUT2D eigenvalue weighted by molar-refractivity contribution is 0.0675. The Morgan fingerprint density at radius 2 is 2.05 bits per heavy atom. The van der Waals surface area contributed by atoms with Crippen molar-refractivity contribution in [2.45, 2.75) is 25.4 Å². The summed E-state index contributed by atoms with van der Waals surface area (Å²) in [7, 11) is 1.52. The van der Waals surface area contributed by atoms with Gasteiger partial charge >= 0.3 is 5.97 Å². The van der Waals surface area contributed by atoms with Crippen LogP contribution in [-0.4, -0.2) is 32.2 Å². The molecule has 0 radical (unpaired) electrons. The van der Waals surface area contributed by atoms with E-state index in [9.17, 15) is 9.90 Å². The minimum Gasteiger partial charge on any atom is -0.476 e. The van der Waals surface area contributed by atoms with Crippen LogP contribution in [0.4, 0.5) is 0 Å². The van der Waals surface area contributed by atoms with Crippen molar-refractivity contribution < 1.29 is 14.6 Å². The lowest BCUT2D eigenvalue weighted by atomic mass is 9.90. The van der Waals surface area contributed by atoms with E-state index >= 15 is 0 Å². The van der Waals surface area contributed by atoms with Crippen molar-refractivity contribution in [1.82, 2.24) is 15.0 Å². The van der Waals surface area contributed by atoms with Crippen molar-refractivity contribution in [1.29, 1.82) is 0 Å². The summed E-state index contributed by atoms with van der Waals surface area (Å²) < 4.78 is 6.93. The molecule has 0 spiro atoms. The number of carbonyl (C=O) groups is 1. The van der Waals surface area contributed by atoms with Crippen molar-refractivity contribution in [3.8, 4) is 5.88 Å². The third-order valence-corrected chi connectivity index (χ3v) is 4.42. The lowest BCUT2D eigenvalue weighted by Gasteiger charge is -2.25. The molecule has 0 bridgehead atoms. The Bertz CT molecular complexity index is 745. The molecule has 0 saturated carbocycles. The minimum absolute atomic E-state index is 0.0449. The van der Waals surface area contributed by atoms with Gasteiger partial charge in [-0.25, -0.2) is 9.48 Å². The van der Waals surface area contributed by atoms with Gasteiger partial charge < -0.3 is 9.84 Å². The average Bonchev–Trinajstić information content (AvgIpc) is 2.81. The minimum atomic E-state index is -1.12. The fraction of sp³-hybridized carbons (Fsp3) is 0.357. The number of carboxylic acids is 1. The number of ether oxygens (including phenoxy) is 1. The van der Waals surface area contributed by atoms with E-state index in [2.05, 4.69) is 10.3 Å². The molecule has 1 unspecified atom stereocenters. The molecule has 0 fully saturated rings. The Morgan fingerprint density at radius 1 is 1.36 bits per heavy atom. The van der Waals surface area contributed by atoms with Crippen molar-refractivity contribution in [3.63, 3.8) is 0 Å². The predicted molar refractivity (Wildman–Crippen MR) is 80.9 cm³/mol. The fourth-order valence-corrected chi connectivity index (χ4v) is 2.99. The molecular weight excluding hydrogens is 329 g/mol. The summed E-state index contributed by atoms with van der Waals surface area (Å²) in [5.41, 5.74) is 2.15. The normalized spacial score (nSPS) is 17.1. The number of carboxylic acid groups (broad SMARTS) is 1. The SMILES string of the molecule is Cn1nnc(OC2CCc3cc(Cl)c(Cl)cc3C2)c1C(=O)O. The highest BCUT2D eigenvalue weighted by Gasteiger charge is 2.26. The first-order valence-corrected chi connectivity index (χ1v) is 7.47. The molecule has 116 valence electrons. The van der Waals surface area contributed by atoms with Gasteiger partial charge in [0, 0.05) is 13.5 Å². The van der Waals surface area contributed by atoms with E-state index in [1.807, 2.05) is 12.1 Å². The number of fused-ring (bicyclic) bond motifs is 1. The molecule has 8 heteroatoms. The van der Waals surface area contributed by atoms with Crippen LogP contribution in [-0.2, 0) is 19.9 Å². The fourth-order valence-electron chi connectivity index (χ4n) is 2.62. The Balaban J connectivity index is 1.81. The van der Waals surface area contributed by atoms with E-state index in [0.717, 1.165) is 24.0 Å². The van der Waals surface area contributed by atoms with Gasteiger partial charge in [0.25, 0.3) is 5.88 Å². The molecule has 1 N–H and O–H groups in total. The Hall–Kier alpha value is -1.79. The molecule has 6 nitrogen and oxygen atoms in total. The van der Waals surface area contributed by atoms with E-state index in [1.165, 1.54) is 11.7 Å². The van der Waals surface area contributed by atoms with Crippen molar-refractivity contribution in [2.24, 2.45) is 7.05 Å². The molecule has 1 aliphatic rings. The molecule has 1 heterocycles. The van der Waals surface area contributed by atoms with Gasteiger partial charge in [0.2, 0.25) is 5.69 Å². The molecule has 0 saturated heterocycles. The third-order valence-electron chi connectivity index (χ3n) is 3.70. The van der Waals surface area contributed by atoms with Gasteiger partial charge in [-0.1, -0.05) is 33.5 Å². The molecule has 1 aromatic heterocycles. The van der Waals surface area contributed by atoms with Crippen molar-refractivity contribution >= 4 is 29.2 Å². The maximum absolute atomic E-state index is 11.2. The summed E-state index contributed by atoms with van der Waals surface area (Å²) in [5.74, 6) is -1.07. The second-order valence-corrected chi connectivity index (χ2v) is 6.00. The number of aryl methyl sites for hydroxylation is 2. The maximum atomic E-state index is 11.2. The molecule has 2 aromatic rings. The number of nitrogens with zero attached hydrogens (tertiary/aromatic N) is 3. The molecular formula is C14H13Cl2N3O3. The Morgan fingerprint density at radius 3 is 2.73 bits per heavy atom. The highest BCUT2D eigenvalue weighted by Crippen LogP contribution is 2.32.